The quantitative estimate of drug-likeness (QED) is 0.792. The standard InChI is InChI=1S/C19H18F2N2O4S/c20-12-1-2-13(21)14(10-12)22-18(26)23-6-4-19(5-7-23)16-11(3-8-27-19)9-15(28-16)17(24)25/h1-2,9-10H,3-8H2,(H,22,26)(H,24,25). The molecule has 1 spiro atoms. The van der Waals surface area contributed by atoms with Crippen LogP contribution < -0.4 is 5.32 Å². The van der Waals surface area contributed by atoms with Crippen LogP contribution in [0.5, 0.6) is 0 Å². The number of anilines is 1. The Morgan fingerprint density at radius 2 is 1.96 bits per heavy atom. The van der Waals surface area contributed by atoms with Crippen LogP contribution >= 0.6 is 11.3 Å². The molecule has 0 atom stereocenters. The molecular weight excluding hydrogens is 390 g/mol. The highest BCUT2D eigenvalue weighted by Crippen LogP contribution is 2.45. The number of carboxylic acids is 1. The number of ether oxygens (including phenoxy) is 1. The van der Waals surface area contributed by atoms with E-state index in [0.29, 0.717) is 39.0 Å². The Morgan fingerprint density at radius 3 is 2.68 bits per heavy atom. The number of hydrogen-bond donors (Lipinski definition) is 2. The first-order valence-corrected chi connectivity index (χ1v) is 9.71. The Hall–Kier alpha value is -2.52. The molecule has 0 radical (unpaired) electrons. The summed E-state index contributed by atoms with van der Waals surface area (Å²) in [6.45, 7) is 1.23. The van der Waals surface area contributed by atoms with Crippen LogP contribution in [0.25, 0.3) is 0 Å². The summed E-state index contributed by atoms with van der Waals surface area (Å²) in [6.07, 6.45) is 1.70. The van der Waals surface area contributed by atoms with E-state index in [4.69, 9.17) is 4.74 Å². The number of rotatable bonds is 2. The van der Waals surface area contributed by atoms with Crippen LogP contribution in [0, 0.1) is 11.6 Å². The Balaban J connectivity index is 1.47. The van der Waals surface area contributed by atoms with Crippen molar-refractivity contribution in [3.05, 3.63) is 51.2 Å². The third kappa shape index (κ3) is 3.35. The number of benzene rings is 1. The van der Waals surface area contributed by atoms with Crippen molar-refractivity contribution in [2.24, 2.45) is 0 Å². The highest BCUT2D eigenvalue weighted by atomic mass is 32.1. The van der Waals surface area contributed by atoms with Crippen LogP contribution in [0.2, 0.25) is 0 Å². The van der Waals surface area contributed by atoms with E-state index in [9.17, 15) is 23.5 Å². The van der Waals surface area contributed by atoms with Gasteiger partial charge in [0, 0.05) is 24.0 Å². The molecule has 3 heterocycles. The number of hydrogen-bond acceptors (Lipinski definition) is 4. The van der Waals surface area contributed by atoms with Crippen LogP contribution in [0.4, 0.5) is 19.3 Å². The summed E-state index contributed by atoms with van der Waals surface area (Å²) in [7, 11) is 0. The maximum atomic E-state index is 13.7. The number of carboxylic acid groups (broad SMARTS) is 1. The number of carbonyl (C=O) groups is 2. The van der Waals surface area contributed by atoms with Crippen molar-refractivity contribution in [3.63, 3.8) is 0 Å². The van der Waals surface area contributed by atoms with Crippen LogP contribution in [-0.2, 0) is 16.8 Å². The third-order valence-corrected chi connectivity index (χ3v) is 6.56. The van der Waals surface area contributed by atoms with E-state index in [1.807, 2.05) is 0 Å². The maximum absolute atomic E-state index is 13.7. The molecule has 2 aliphatic rings. The molecule has 2 amide bonds. The fourth-order valence-corrected chi connectivity index (χ4v) is 5.01. The first-order valence-electron chi connectivity index (χ1n) is 8.89. The summed E-state index contributed by atoms with van der Waals surface area (Å²) in [4.78, 5) is 26.5. The van der Waals surface area contributed by atoms with Gasteiger partial charge in [-0.1, -0.05) is 0 Å². The molecule has 0 unspecified atom stereocenters. The van der Waals surface area contributed by atoms with E-state index in [0.717, 1.165) is 28.6 Å². The second kappa shape index (κ2) is 7.14. The molecule has 2 aromatic rings. The summed E-state index contributed by atoms with van der Waals surface area (Å²) in [5.41, 5.74) is 0.201. The monoisotopic (exact) mass is 408 g/mol. The van der Waals surface area contributed by atoms with Crippen molar-refractivity contribution in [2.75, 3.05) is 25.0 Å². The molecule has 0 aliphatic carbocycles. The van der Waals surface area contributed by atoms with Gasteiger partial charge in [-0.25, -0.2) is 18.4 Å². The first-order chi connectivity index (χ1) is 13.4. The minimum Gasteiger partial charge on any atom is -0.477 e. The molecule has 2 N–H and O–H groups in total. The number of fused-ring (bicyclic) bond motifs is 2. The molecular formula is C19H18F2N2O4S. The van der Waals surface area contributed by atoms with E-state index < -0.39 is 29.2 Å². The topological polar surface area (TPSA) is 78.9 Å². The number of carbonyl (C=O) groups excluding carboxylic acids is 1. The lowest BCUT2D eigenvalue weighted by Gasteiger charge is -2.43. The highest BCUT2D eigenvalue weighted by molar-refractivity contribution is 7.14. The zero-order chi connectivity index (χ0) is 19.9. The summed E-state index contributed by atoms with van der Waals surface area (Å²) >= 11 is 1.23. The van der Waals surface area contributed by atoms with Crippen LogP contribution in [0.15, 0.2) is 24.3 Å². The summed E-state index contributed by atoms with van der Waals surface area (Å²) < 4.78 is 33.1. The Labute approximate surface area is 163 Å². The second-order valence-corrected chi connectivity index (χ2v) is 7.96. The van der Waals surface area contributed by atoms with E-state index >= 15 is 0 Å². The third-order valence-electron chi connectivity index (χ3n) is 5.21. The van der Waals surface area contributed by atoms with Gasteiger partial charge >= 0.3 is 12.0 Å². The lowest BCUT2D eigenvalue weighted by atomic mass is 9.85. The van der Waals surface area contributed by atoms with Crippen molar-refractivity contribution < 1.29 is 28.2 Å². The van der Waals surface area contributed by atoms with Crippen LogP contribution in [-0.4, -0.2) is 41.7 Å². The lowest BCUT2D eigenvalue weighted by Crippen LogP contribution is -2.49. The number of urea groups is 1. The Morgan fingerprint density at radius 1 is 1.21 bits per heavy atom. The van der Waals surface area contributed by atoms with Crippen molar-refractivity contribution in [1.29, 1.82) is 0 Å². The number of halogens is 2. The largest absolute Gasteiger partial charge is 0.477 e. The Kier molecular flexibility index (Phi) is 4.80. The van der Waals surface area contributed by atoms with Gasteiger partial charge in [-0.15, -0.1) is 11.3 Å². The maximum Gasteiger partial charge on any atom is 0.345 e. The molecule has 1 fully saturated rings. The zero-order valence-electron chi connectivity index (χ0n) is 14.8. The second-order valence-electron chi connectivity index (χ2n) is 6.90. The molecule has 2 aliphatic heterocycles. The number of piperidine rings is 1. The normalized spacial score (nSPS) is 18.0. The van der Waals surface area contributed by atoms with Gasteiger partial charge in [0.05, 0.1) is 12.3 Å². The first kappa shape index (κ1) is 18.8. The molecule has 6 nitrogen and oxygen atoms in total. The van der Waals surface area contributed by atoms with Crippen LogP contribution in [0.3, 0.4) is 0 Å². The van der Waals surface area contributed by atoms with Gasteiger partial charge in [0.1, 0.15) is 22.1 Å². The molecule has 148 valence electrons. The van der Waals surface area contributed by atoms with Crippen molar-refractivity contribution in [3.8, 4) is 0 Å². The SMILES string of the molecule is O=C(O)c1cc2c(s1)C1(CCN(C(=O)Nc3cc(F)ccc3F)CC1)OCC2. The van der Waals surface area contributed by atoms with E-state index in [-0.39, 0.29) is 10.6 Å². The predicted octanol–water partition coefficient (Wildman–Crippen LogP) is 3.82. The number of thiophene rings is 1. The zero-order valence-corrected chi connectivity index (χ0v) is 15.7. The van der Waals surface area contributed by atoms with Gasteiger partial charge in [0.15, 0.2) is 0 Å². The van der Waals surface area contributed by atoms with Crippen molar-refractivity contribution >= 4 is 29.0 Å². The summed E-state index contributed by atoms with van der Waals surface area (Å²) in [5, 5.41) is 11.7. The van der Waals surface area contributed by atoms with Gasteiger partial charge in [-0.3, -0.25) is 0 Å². The Bertz CT molecular complexity index is 938. The molecule has 1 aromatic heterocycles. The van der Waals surface area contributed by atoms with Crippen molar-refractivity contribution in [1.82, 2.24) is 4.90 Å². The molecule has 28 heavy (non-hydrogen) atoms. The molecule has 0 bridgehead atoms. The number of aromatic carboxylic acids is 1. The van der Waals surface area contributed by atoms with Gasteiger partial charge < -0.3 is 20.1 Å². The average molecular weight is 408 g/mol. The number of likely N-dealkylation sites (tertiary alicyclic amines) is 1. The average Bonchev–Trinajstić information content (AvgIpc) is 3.12. The fourth-order valence-electron chi connectivity index (χ4n) is 3.76. The van der Waals surface area contributed by atoms with E-state index in [1.54, 1.807) is 6.07 Å². The van der Waals surface area contributed by atoms with Crippen LogP contribution in [0.1, 0.15) is 33.0 Å². The number of nitrogens with one attached hydrogen (secondary N) is 1. The van der Waals surface area contributed by atoms with Gasteiger partial charge in [-0.05, 0) is 43.0 Å². The smallest absolute Gasteiger partial charge is 0.345 e. The number of nitrogens with zero attached hydrogens (tertiary/aromatic N) is 1. The minimum atomic E-state index is -0.955. The van der Waals surface area contributed by atoms with Gasteiger partial charge in [0.2, 0.25) is 0 Å². The summed E-state index contributed by atoms with van der Waals surface area (Å²) in [6, 6.07) is 4.09. The fraction of sp³-hybridized carbons (Fsp3) is 0.368. The van der Waals surface area contributed by atoms with Gasteiger partial charge in [0.25, 0.3) is 0 Å². The van der Waals surface area contributed by atoms with Crippen molar-refractivity contribution in [2.45, 2.75) is 24.9 Å². The predicted molar refractivity (Wildman–Crippen MR) is 98.8 cm³/mol. The van der Waals surface area contributed by atoms with E-state index in [1.165, 1.54) is 16.2 Å². The lowest BCUT2D eigenvalue weighted by molar-refractivity contribution is -0.0891. The molecule has 1 saturated heterocycles. The minimum absolute atomic E-state index is 0.203. The molecule has 9 heteroatoms. The highest BCUT2D eigenvalue weighted by Gasteiger charge is 2.43. The molecule has 4 rings (SSSR count). The van der Waals surface area contributed by atoms with E-state index in [2.05, 4.69) is 5.32 Å². The van der Waals surface area contributed by atoms with Gasteiger partial charge in [-0.2, -0.15) is 0 Å². The molecule has 0 saturated carbocycles. The molecule has 1 aromatic carbocycles. The summed E-state index contributed by atoms with van der Waals surface area (Å²) in [5.74, 6) is -2.30. The number of amides is 2.